The van der Waals surface area contributed by atoms with Gasteiger partial charge in [-0.1, -0.05) is 0 Å². The first-order valence-corrected chi connectivity index (χ1v) is 13.7. The summed E-state index contributed by atoms with van der Waals surface area (Å²) >= 11 is 0. The van der Waals surface area contributed by atoms with E-state index in [4.69, 9.17) is 9.72 Å². The monoisotopic (exact) mass is 508 g/mol. The number of fused-ring (bicyclic) bond motifs is 1. The van der Waals surface area contributed by atoms with E-state index in [0.717, 1.165) is 18.5 Å². The fourth-order valence-electron chi connectivity index (χ4n) is 4.60. The minimum absolute atomic E-state index is 0.0213. The van der Waals surface area contributed by atoms with Crippen molar-refractivity contribution >= 4 is 26.8 Å². The number of methoxy groups -OCH3 is 1. The number of nitrogens with zero attached hydrogens (tertiary/aromatic N) is 5. The molecule has 0 saturated carbocycles. The van der Waals surface area contributed by atoms with Crippen LogP contribution < -0.4 is 10.1 Å². The Kier molecular flexibility index (Phi) is 6.48. The van der Waals surface area contributed by atoms with Crippen LogP contribution in [0.5, 0.6) is 5.75 Å². The predicted molar refractivity (Wildman–Crippen MR) is 136 cm³/mol. The zero-order chi connectivity index (χ0) is 25.3. The second-order valence-corrected chi connectivity index (χ2v) is 11.2. The number of aromatic nitrogens is 5. The van der Waals surface area contributed by atoms with Crippen LogP contribution >= 0.6 is 0 Å². The summed E-state index contributed by atoms with van der Waals surface area (Å²) in [5, 5.41) is 8.31. The summed E-state index contributed by atoms with van der Waals surface area (Å²) in [5.74, 6) is 0.644. The minimum atomic E-state index is -3.12. The minimum Gasteiger partial charge on any atom is -0.497 e. The van der Waals surface area contributed by atoms with Crippen molar-refractivity contribution in [2.24, 2.45) is 0 Å². The standard InChI is InChI=1S/C25H28N6O4S/c1-17-23-21(25(32)27-9-3-11-30-12-10-26-16-30)14-22(18-4-6-20(35-2)7-5-18)28-24(23)31(29-17)19-8-13-36(33,34)15-19/h4-7,10,12,14,16,19H,3,8-9,11,13,15H2,1-2H3,(H,27,32). The van der Waals surface area contributed by atoms with Crippen molar-refractivity contribution in [2.75, 3.05) is 25.2 Å². The number of pyridine rings is 1. The van der Waals surface area contributed by atoms with Gasteiger partial charge in [0.25, 0.3) is 5.91 Å². The highest BCUT2D eigenvalue weighted by Crippen LogP contribution is 2.32. The maximum Gasteiger partial charge on any atom is 0.252 e. The molecule has 1 fully saturated rings. The normalized spacial score (nSPS) is 16.9. The smallest absolute Gasteiger partial charge is 0.252 e. The number of ether oxygens (including phenoxy) is 1. The van der Waals surface area contributed by atoms with Gasteiger partial charge in [0.05, 0.1) is 53.3 Å². The molecular formula is C25H28N6O4S. The van der Waals surface area contributed by atoms with Crippen molar-refractivity contribution in [2.45, 2.75) is 32.4 Å². The molecule has 188 valence electrons. The highest BCUT2D eigenvalue weighted by molar-refractivity contribution is 7.91. The molecule has 0 aliphatic carbocycles. The largest absolute Gasteiger partial charge is 0.497 e. The van der Waals surface area contributed by atoms with E-state index < -0.39 is 9.84 Å². The predicted octanol–water partition coefficient (Wildman–Crippen LogP) is 2.79. The lowest BCUT2D eigenvalue weighted by Gasteiger charge is -2.13. The number of benzene rings is 1. The maximum atomic E-state index is 13.4. The Balaban J connectivity index is 1.52. The van der Waals surface area contributed by atoms with Crippen LogP contribution in [-0.2, 0) is 16.4 Å². The Labute approximate surface area is 209 Å². The van der Waals surface area contributed by atoms with E-state index in [9.17, 15) is 13.2 Å². The molecule has 0 spiro atoms. The molecule has 4 aromatic rings. The summed E-state index contributed by atoms with van der Waals surface area (Å²) in [6.07, 6.45) is 6.58. The van der Waals surface area contributed by atoms with Crippen LogP contribution in [0.3, 0.4) is 0 Å². The van der Waals surface area contributed by atoms with Gasteiger partial charge in [-0.15, -0.1) is 0 Å². The number of sulfone groups is 1. The molecule has 1 aromatic carbocycles. The molecular weight excluding hydrogens is 480 g/mol. The molecule has 36 heavy (non-hydrogen) atoms. The van der Waals surface area contributed by atoms with Crippen LogP contribution in [-0.4, -0.2) is 63.8 Å². The lowest BCUT2D eigenvalue weighted by atomic mass is 10.0. The van der Waals surface area contributed by atoms with Gasteiger partial charge in [0.1, 0.15) is 5.75 Å². The van der Waals surface area contributed by atoms with Crippen LogP contribution in [0.1, 0.15) is 34.9 Å². The van der Waals surface area contributed by atoms with Crippen molar-refractivity contribution in [3.8, 4) is 17.0 Å². The Hall–Kier alpha value is -3.73. The Bertz CT molecular complexity index is 1490. The molecule has 1 N–H and O–H groups in total. The molecule has 1 atom stereocenters. The number of rotatable bonds is 8. The number of aryl methyl sites for hydroxylation is 2. The third kappa shape index (κ3) is 4.83. The maximum absolute atomic E-state index is 13.4. The van der Waals surface area contributed by atoms with Crippen molar-refractivity contribution in [1.29, 1.82) is 0 Å². The number of carbonyl (C=O) groups is 1. The Morgan fingerprint density at radius 3 is 2.72 bits per heavy atom. The van der Waals surface area contributed by atoms with E-state index in [0.29, 0.717) is 46.7 Å². The third-order valence-corrected chi connectivity index (χ3v) is 8.21. The molecule has 4 heterocycles. The number of amides is 1. The van der Waals surface area contributed by atoms with Gasteiger partial charge in [-0.05, 0) is 50.1 Å². The Morgan fingerprint density at radius 2 is 2.06 bits per heavy atom. The van der Waals surface area contributed by atoms with Crippen molar-refractivity contribution in [1.82, 2.24) is 29.6 Å². The van der Waals surface area contributed by atoms with E-state index in [1.807, 2.05) is 42.0 Å². The summed E-state index contributed by atoms with van der Waals surface area (Å²) in [4.78, 5) is 22.3. The lowest BCUT2D eigenvalue weighted by molar-refractivity contribution is 0.0954. The van der Waals surface area contributed by atoms with Crippen molar-refractivity contribution in [3.05, 3.63) is 60.3 Å². The molecule has 1 saturated heterocycles. The number of carbonyl (C=O) groups excluding carboxylic acids is 1. The van der Waals surface area contributed by atoms with E-state index >= 15 is 0 Å². The highest BCUT2D eigenvalue weighted by Gasteiger charge is 2.32. The molecule has 0 bridgehead atoms. The summed E-state index contributed by atoms with van der Waals surface area (Å²) in [7, 11) is -1.52. The topological polar surface area (TPSA) is 121 Å². The molecule has 11 heteroatoms. The molecule has 10 nitrogen and oxygen atoms in total. The number of hydrogen-bond acceptors (Lipinski definition) is 7. The van der Waals surface area contributed by atoms with Gasteiger partial charge in [-0.3, -0.25) is 4.79 Å². The highest BCUT2D eigenvalue weighted by atomic mass is 32.2. The average Bonchev–Trinajstić information content (AvgIpc) is 3.60. The van der Waals surface area contributed by atoms with Crippen molar-refractivity contribution in [3.63, 3.8) is 0 Å². The number of hydrogen-bond donors (Lipinski definition) is 1. The summed E-state index contributed by atoms with van der Waals surface area (Å²) < 4.78 is 33.3. The second kappa shape index (κ2) is 9.73. The fraction of sp³-hybridized carbons (Fsp3) is 0.360. The zero-order valence-corrected chi connectivity index (χ0v) is 21.0. The average molecular weight is 509 g/mol. The van der Waals surface area contributed by atoms with E-state index in [1.54, 1.807) is 30.4 Å². The second-order valence-electron chi connectivity index (χ2n) is 8.98. The van der Waals surface area contributed by atoms with Crippen LogP contribution in [0.2, 0.25) is 0 Å². The zero-order valence-electron chi connectivity index (χ0n) is 20.2. The van der Waals surface area contributed by atoms with Gasteiger partial charge < -0.3 is 14.6 Å². The van der Waals surface area contributed by atoms with Crippen molar-refractivity contribution < 1.29 is 17.9 Å². The summed E-state index contributed by atoms with van der Waals surface area (Å²) in [5.41, 5.74) is 3.06. The van der Waals surface area contributed by atoms with E-state index in [1.165, 1.54) is 0 Å². The fourth-order valence-corrected chi connectivity index (χ4v) is 6.29. The van der Waals surface area contributed by atoms with Gasteiger partial charge in [0.2, 0.25) is 0 Å². The number of imidazole rings is 1. The molecule has 1 unspecified atom stereocenters. The quantitative estimate of drug-likeness (QED) is 0.363. The van der Waals surface area contributed by atoms with E-state index in [-0.39, 0.29) is 23.5 Å². The third-order valence-electron chi connectivity index (χ3n) is 6.46. The van der Waals surface area contributed by atoms with E-state index in [2.05, 4.69) is 15.4 Å². The molecule has 0 radical (unpaired) electrons. The Morgan fingerprint density at radius 1 is 1.25 bits per heavy atom. The first-order chi connectivity index (χ1) is 17.3. The molecule has 3 aromatic heterocycles. The number of nitrogens with one attached hydrogen (secondary N) is 1. The van der Waals surface area contributed by atoms with Crippen LogP contribution in [0.25, 0.3) is 22.3 Å². The SMILES string of the molecule is COc1ccc(-c2cc(C(=O)NCCCn3ccnc3)c3c(C)nn(C4CCS(=O)(=O)C4)c3n2)cc1. The van der Waals surface area contributed by atoms with Crippen LogP contribution in [0.15, 0.2) is 49.1 Å². The summed E-state index contributed by atoms with van der Waals surface area (Å²) in [6, 6.07) is 8.91. The van der Waals surface area contributed by atoms with Gasteiger partial charge in [-0.25, -0.2) is 23.1 Å². The van der Waals surface area contributed by atoms with Gasteiger partial charge in [0.15, 0.2) is 15.5 Å². The molecule has 5 rings (SSSR count). The summed E-state index contributed by atoms with van der Waals surface area (Å²) in [6.45, 7) is 3.07. The first kappa shape index (κ1) is 24.0. The van der Waals surface area contributed by atoms with Gasteiger partial charge >= 0.3 is 0 Å². The van der Waals surface area contributed by atoms with Gasteiger partial charge in [0, 0.05) is 31.0 Å². The lowest BCUT2D eigenvalue weighted by Crippen LogP contribution is -2.25. The first-order valence-electron chi connectivity index (χ1n) is 11.8. The molecule has 1 amide bonds. The molecule has 1 aliphatic heterocycles. The van der Waals surface area contributed by atoms with Crippen LogP contribution in [0.4, 0.5) is 0 Å². The van der Waals surface area contributed by atoms with Crippen LogP contribution in [0, 0.1) is 6.92 Å². The molecule has 1 aliphatic rings. The van der Waals surface area contributed by atoms with Gasteiger partial charge in [-0.2, -0.15) is 5.10 Å².